The van der Waals surface area contributed by atoms with E-state index in [1.807, 2.05) is 24.0 Å². The topological polar surface area (TPSA) is 71.5 Å². The summed E-state index contributed by atoms with van der Waals surface area (Å²) in [5.74, 6) is 0.520. The van der Waals surface area contributed by atoms with E-state index < -0.39 is 0 Å². The number of rotatable bonds is 2. The van der Waals surface area contributed by atoms with Crippen LogP contribution in [-0.4, -0.2) is 47.1 Å². The Bertz CT molecular complexity index is 661. The molecule has 1 saturated carbocycles. The van der Waals surface area contributed by atoms with E-state index in [2.05, 4.69) is 10.3 Å². The largest absolute Gasteiger partial charge is 0.447 e. The minimum absolute atomic E-state index is 0.0690. The fraction of sp³-hybridized carbons (Fsp3) is 0.588. The number of cyclic esters (lactones) is 1. The molecular weight excluding hydrogens is 294 g/mol. The van der Waals surface area contributed by atoms with Crippen molar-refractivity contribution in [3.8, 4) is 0 Å². The Morgan fingerprint density at radius 3 is 2.70 bits per heavy atom. The van der Waals surface area contributed by atoms with Crippen LogP contribution in [0.1, 0.15) is 53.3 Å². The summed E-state index contributed by atoms with van der Waals surface area (Å²) in [5.41, 5.74) is 2.40. The minimum atomic E-state index is -0.344. The van der Waals surface area contributed by atoms with Gasteiger partial charge in [0.05, 0.1) is 16.8 Å². The molecular formula is C17H21N3O3. The lowest BCUT2D eigenvalue weighted by molar-refractivity contribution is 0.0641. The van der Waals surface area contributed by atoms with Gasteiger partial charge in [-0.1, -0.05) is 0 Å². The van der Waals surface area contributed by atoms with Crippen molar-refractivity contribution in [1.29, 1.82) is 0 Å². The van der Waals surface area contributed by atoms with Gasteiger partial charge >= 0.3 is 6.09 Å². The second-order valence-corrected chi connectivity index (χ2v) is 6.93. The number of hydrogen-bond donors (Lipinski definition) is 1. The maximum absolute atomic E-state index is 12.9. The van der Waals surface area contributed by atoms with E-state index in [0.29, 0.717) is 25.6 Å². The Balaban J connectivity index is 1.49. The summed E-state index contributed by atoms with van der Waals surface area (Å²) in [4.78, 5) is 30.7. The van der Waals surface area contributed by atoms with Crippen LogP contribution in [-0.2, 0) is 4.74 Å². The molecule has 1 N–H and O–H groups in total. The average Bonchev–Trinajstić information content (AvgIpc) is 3.33. The van der Waals surface area contributed by atoms with Crippen molar-refractivity contribution in [2.24, 2.45) is 0 Å². The Kier molecular flexibility index (Phi) is 3.28. The maximum Gasteiger partial charge on any atom is 0.407 e. The van der Waals surface area contributed by atoms with Crippen LogP contribution in [0.5, 0.6) is 0 Å². The minimum Gasteiger partial charge on any atom is -0.447 e. The Hall–Kier alpha value is -2.11. The number of nitrogens with zero attached hydrogens (tertiary/aromatic N) is 2. The number of aryl methyl sites for hydroxylation is 1. The summed E-state index contributed by atoms with van der Waals surface area (Å²) in [7, 11) is 0. The number of likely N-dealkylation sites (tertiary alicyclic amines) is 1. The Morgan fingerprint density at radius 1 is 1.35 bits per heavy atom. The maximum atomic E-state index is 12.9. The zero-order chi connectivity index (χ0) is 16.0. The zero-order valence-corrected chi connectivity index (χ0v) is 13.3. The molecule has 3 aliphatic rings. The Labute approximate surface area is 135 Å². The van der Waals surface area contributed by atoms with Gasteiger partial charge in [-0.05, 0) is 44.7 Å². The van der Waals surface area contributed by atoms with Crippen LogP contribution in [0.4, 0.5) is 4.79 Å². The molecule has 1 spiro atoms. The molecule has 1 aromatic heterocycles. The van der Waals surface area contributed by atoms with Crippen LogP contribution in [0.15, 0.2) is 12.1 Å². The van der Waals surface area contributed by atoms with Crippen LogP contribution in [0.2, 0.25) is 0 Å². The molecule has 3 heterocycles. The fourth-order valence-corrected chi connectivity index (χ4v) is 3.50. The number of piperidine rings is 1. The first-order valence-corrected chi connectivity index (χ1v) is 8.28. The highest BCUT2D eigenvalue weighted by Gasteiger charge is 2.43. The highest BCUT2D eigenvalue weighted by molar-refractivity contribution is 5.95. The summed E-state index contributed by atoms with van der Waals surface area (Å²) in [5, 5.41) is 2.90. The molecule has 23 heavy (non-hydrogen) atoms. The third-order valence-electron chi connectivity index (χ3n) is 5.11. The summed E-state index contributed by atoms with van der Waals surface area (Å²) in [6.45, 7) is 3.65. The first kappa shape index (κ1) is 14.5. The Morgan fingerprint density at radius 2 is 2.09 bits per heavy atom. The van der Waals surface area contributed by atoms with E-state index in [9.17, 15) is 9.59 Å². The molecule has 0 bridgehead atoms. The first-order valence-electron chi connectivity index (χ1n) is 8.28. The molecule has 122 valence electrons. The normalized spacial score (nSPS) is 22.8. The van der Waals surface area contributed by atoms with Gasteiger partial charge in [-0.3, -0.25) is 9.78 Å². The molecule has 2 saturated heterocycles. The number of carbonyl (C=O) groups is 2. The number of alkyl carbamates (subject to hydrolysis) is 1. The van der Waals surface area contributed by atoms with Crippen molar-refractivity contribution in [3.05, 3.63) is 29.1 Å². The van der Waals surface area contributed by atoms with Gasteiger partial charge in [0.25, 0.3) is 5.91 Å². The number of nitrogens with one attached hydrogen (secondary N) is 1. The van der Waals surface area contributed by atoms with Crippen molar-refractivity contribution >= 4 is 12.0 Å². The SMILES string of the molecule is Cc1ccc(C(=O)N2CCC3(CC2)COC(=O)N3)c(C2CC2)n1. The van der Waals surface area contributed by atoms with Crippen molar-refractivity contribution < 1.29 is 14.3 Å². The number of ether oxygens (including phenoxy) is 1. The quantitative estimate of drug-likeness (QED) is 0.906. The second-order valence-electron chi connectivity index (χ2n) is 6.93. The van der Waals surface area contributed by atoms with Gasteiger partial charge in [-0.25, -0.2) is 4.79 Å². The van der Waals surface area contributed by atoms with E-state index in [4.69, 9.17) is 4.74 Å². The molecule has 1 aromatic rings. The smallest absolute Gasteiger partial charge is 0.407 e. The summed E-state index contributed by atoms with van der Waals surface area (Å²) >= 11 is 0. The lowest BCUT2D eigenvalue weighted by atomic mass is 9.88. The van der Waals surface area contributed by atoms with E-state index in [1.165, 1.54) is 0 Å². The third-order valence-corrected chi connectivity index (χ3v) is 5.11. The lowest BCUT2D eigenvalue weighted by Crippen LogP contribution is -2.53. The molecule has 0 aromatic carbocycles. The van der Waals surface area contributed by atoms with Crippen molar-refractivity contribution in [2.75, 3.05) is 19.7 Å². The van der Waals surface area contributed by atoms with Gasteiger partial charge in [0.1, 0.15) is 6.61 Å². The number of pyridine rings is 1. The van der Waals surface area contributed by atoms with E-state index in [-0.39, 0.29) is 17.5 Å². The van der Waals surface area contributed by atoms with E-state index in [0.717, 1.165) is 42.6 Å². The molecule has 0 unspecified atom stereocenters. The fourth-order valence-electron chi connectivity index (χ4n) is 3.50. The van der Waals surface area contributed by atoms with Crippen molar-refractivity contribution in [3.63, 3.8) is 0 Å². The van der Waals surface area contributed by atoms with Crippen LogP contribution >= 0.6 is 0 Å². The molecule has 2 amide bonds. The third kappa shape index (κ3) is 2.66. The van der Waals surface area contributed by atoms with Gasteiger partial charge in [0, 0.05) is 24.7 Å². The molecule has 0 atom stereocenters. The monoisotopic (exact) mass is 315 g/mol. The average molecular weight is 315 g/mol. The molecule has 6 heteroatoms. The summed E-state index contributed by atoms with van der Waals surface area (Å²) in [6.07, 6.45) is 3.39. The highest BCUT2D eigenvalue weighted by Crippen LogP contribution is 2.41. The summed E-state index contributed by atoms with van der Waals surface area (Å²) in [6, 6.07) is 3.83. The van der Waals surface area contributed by atoms with Crippen molar-refractivity contribution in [2.45, 2.75) is 44.1 Å². The van der Waals surface area contributed by atoms with Gasteiger partial charge in [-0.2, -0.15) is 0 Å². The van der Waals surface area contributed by atoms with Gasteiger partial charge in [0.2, 0.25) is 0 Å². The van der Waals surface area contributed by atoms with Gasteiger partial charge in [-0.15, -0.1) is 0 Å². The molecule has 6 nitrogen and oxygen atoms in total. The molecule has 1 aliphatic carbocycles. The van der Waals surface area contributed by atoms with Gasteiger partial charge in [0.15, 0.2) is 0 Å². The number of carbonyl (C=O) groups excluding carboxylic acids is 2. The standard InChI is InChI=1S/C17H21N3O3/c1-11-2-5-13(14(18-11)12-3-4-12)15(21)20-8-6-17(7-9-20)10-23-16(22)19-17/h2,5,12H,3-4,6-10H2,1H3,(H,19,22). The second kappa shape index (κ2) is 5.22. The van der Waals surface area contributed by atoms with Crippen LogP contribution in [0.3, 0.4) is 0 Å². The number of amides is 2. The van der Waals surface area contributed by atoms with Crippen LogP contribution in [0.25, 0.3) is 0 Å². The van der Waals surface area contributed by atoms with Crippen LogP contribution in [0, 0.1) is 6.92 Å². The zero-order valence-electron chi connectivity index (χ0n) is 13.3. The van der Waals surface area contributed by atoms with E-state index in [1.54, 1.807) is 0 Å². The molecule has 2 aliphatic heterocycles. The first-order chi connectivity index (χ1) is 11.1. The van der Waals surface area contributed by atoms with Crippen LogP contribution < -0.4 is 5.32 Å². The number of hydrogen-bond acceptors (Lipinski definition) is 4. The van der Waals surface area contributed by atoms with E-state index >= 15 is 0 Å². The predicted octanol–water partition coefficient (Wildman–Crippen LogP) is 1.98. The molecule has 3 fully saturated rings. The number of aromatic nitrogens is 1. The predicted molar refractivity (Wildman–Crippen MR) is 83.3 cm³/mol. The molecule has 4 rings (SSSR count). The summed E-state index contributed by atoms with van der Waals surface area (Å²) < 4.78 is 5.04. The molecule has 0 radical (unpaired) electrons. The van der Waals surface area contributed by atoms with Gasteiger partial charge < -0.3 is 15.0 Å². The lowest BCUT2D eigenvalue weighted by Gasteiger charge is -2.37. The highest BCUT2D eigenvalue weighted by atomic mass is 16.6. The van der Waals surface area contributed by atoms with Crippen molar-refractivity contribution in [1.82, 2.24) is 15.2 Å².